The maximum Gasteiger partial charge on any atom is 0.141 e. The van der Waals surface area contributed by atoms with E-state index in [1.807, 2.05) is 6.92 Å². The normalized spacial score (nSPS) is 17.3. The molecule has 0 aliphatic carbocycles. The van der Waals surface area contributed by atoms with Crippen LogP contribution in [0.4, 0.5) is 0 Å². The average Bonchev–Trinajstić information content (AvgIpc) is 2.13. The Balaban J connectivity index is 4.19. The zero-order chi connectivity index (χ0) is 10.5. The van der Waals surface area contributed by atoms with Gasteiger partial charge in [0, 0.05) is 26.7 Å². The number of hydrogen-bond acceptors (Lipinski definition) is 4. The van der Waals surface area contributed by atoms with E-state index >= 15 is 0 Å². The summed E-state index contributed by atoms with van der Waals surface area (Å²) in [5.74, 6) is 0.261. The van der Waals surface area contributed by atoms with Crippen molar-refractivity contribution in [3.63, 3.8) is 0 Å². The van der Waals surface area contributed by atoms with E-state index in [9.17, 15) is 0 Å². The summed E-state index contributed by atoms with van der Waals surface area (Å²) in [5.41, 5.74) is 11.0. The molecule has 4 nitrogen and oxygen atoms in total. The zero-order valence-electron chi connectivity index (χ0n) is 9.04. The molecule has 0 spiro atoms. The summed E-state index contributed by atoms with van der Waals surface area (Å²) in [4.78, 5) is 0. The van der Waals surface area contributed by atoms with Crippen molar-refractivity contribution in [1.29, 1.82) is 0 Å². The molecule has 5 heteroatoms. The van der Waals surface area contributed by atoms with E-state index in [0.29, 0.717) is 6.54 Å². The highest BCUT2D eigenvalue weighted by Crippen LogP contribution is 2.19. The van der Waals surface area contributed by atoms with E-state index in [0.717, 1.165) is 16.7 Å². The summed E-state index contributed by atoms with van der Waals surface area (Å²) < 4.78 is 10.6. The van der Waals surface area contributed by atoms with Crippen molar-refractivity contribution in [3.8, 4) is 0 Å². The molecule has 0 aromatic carbocycles. The molecule has 0 aliphatic heterocycles. The molecule has 0 saturated carbocycles. The van der Waals surface area contributed by atoms with Gasteiger partial charge in [0.05, 0.1) is 10.2 Å². The van der Waals surface area contributed by atoms with E-state index in [1.54, 1.807) is 14.2 Å². The van der Waals surface area contributed by atoms with Crippen molar-refractivity contribution in [1.82, 2.24) is 0 Å². The van der Waals surface area contributed by atoms with Gasteiger partial charge in [-0.05, 0) is 19.4 Å². The third kappa shape index (κ3) is 4.19. The molecule has 0 aromatic heterocycles. The molecule has 2 unspecified atom stereocenters. The van der Waals surface area contributed by atoms with E-state index < -0.39 is 5.41 Å². The summed E-state index contributed by atoms with van der Waals surface area (Å²) in [6.07, 6.45) is 0.778. The minimum atomic E-state index is -0.433. The Morgan fingerprint density at radius 2 is 1.85 bits per heavy atom. The van der Waals surface area contributed by atoms with Crippen LogP contribution in [-0.2, 0) is 9.47 Å². The van der Waals surface area contributed by atoms with Gasteiger partial charge in [-0.3, -0.25) is 0 Å². The fraction of sp³-hybridized carbons (Fsp3) is 1.00. The summed E-state index contributed by atoms with van der Waals surface area (Å²) in [6, 6.07) is 0.0867. The Morgan fingerprint density at radius 1 is 1.38 bits per heavy atom. The first-order chi connectivity index (χ1) is 5.99. The molecule has 13 heavy (non-hydrogen) atoms. The molecular formula is C8H22N2O2Si. The maximum absolute atomic E-state index is 5.79. The van der Waals surface area contributed by atoms with Crippen LogP contribution < -0.4 is 11.5 Å². The van der Waals surface area contributed by atoms with Crippen molar-refractivity contribution in [2.45, 2.75) is 24.8 Å². The summed E-state index contributed by atoms with van der Waals surface area (Å²) in [5, 5.41) is 0. The van der Waals surface area contributed by atoms with Gasteiger partial charge in [0.1, 0.15) is 5.41 Å². The minimum absolute atomic E-state index is 0.0867. The predicted molar refractivity (Wildman–Crippen MR) is 57.5 cm³/mol. The number of hydrogen-bond donors (Lipinski definition) is 2. The molecule has 0 heterocycles. The van der Waals surface area contributed by atoms with Crippen LogP contribution >= 0.6 is 0 Å². The minimum Gasteiger partial charge on any atom is -0.358 e. The smallest absolute Gasteiger partial charge is 0.141 e. The third-order valence-electron chi connectivity index (χ3n) is 2.54. The second-order valence-electron chi connectivity index (χ2n) is 3.60. The monoisotopic (exact) mass is 206 g/mol. The van der Waals surface area contributed by atoms with Gasteiger partial charge < -0.3 is 20.9 Å². The van der Waals surface area contributed by atoms with E-state index in [1.165, 1.54) is 0 Å². The van der Waals surface area contributed by atoms with Crippen LogP contribution in [0.3, 0.4) is 0 Å². The van der Waals surface area contributed by atoms with Gasteiger partial charge in [0.15, 0.2) is 0 Å². The van der Waals surface area contributed by atoms with Crippen LogP contribution in [0.25, 0.3) is 0 Å². The second-order valence-corrected chi connectivity index (χ2v) is 5.12. The average molecular weight is 206 g/mol. The van der Waals surface area contributed by atoms with E-state index in [4.69, 9.17) is 20.9 Å². The van der Waals surface area contributed by atoms with Gasteiger partial charge in [-0.15, -0.1) is 0 Å². The highest BCUT2D eigenvalue weighted by atomic mass is 28.1. The Labute approximate surface area is 83.4 Å². The topological polar surface area (TPSA) is 70.5 Å². The fourth-order valence-electron chi connectivity index (χ4n) is 1.21. The number of rotatable bonds is 6. The van der Waals surface area contributed by atoms with Gasteiger partial charge in [-0.25, -0.2) is 0 Å². The van der Waals surface area contributed by atoms with Gasteiger partial charge in [0.2, 0.25) is 0 Å². The fourth-order valence-corrected chi connectivity index (χ4v) is 1.73. The van der Waals surface area contributed by atoms with Crippen LogP contribution in [0.2, 0.25) is 0 Å². The van der Waals surface area contributed by atoms with Gasteiger partial charge in [-0.2, -0.15) is 0 Å². The number of methoxy groups -OCH3 is 2. The van der Waals surface area contributed by atoms with Crippen LogP contribution in [0.1, 0.15) is 13.3 Å². The Hall–Kier alpha value is 0.0569. The lowest BCUT2D eigenvalue weighted by molar-refractivity contribution is -0.153. The molecule has 0 saturated heterocycles. The first kappa shape index (κ1) is 13.1. The summed E-state index contributed by atoms with van der Waals surface area (Å²) in [6.45, 7) is 2.54. The van der Waals surface area contributed by atoms with Crippen molar-refractivity contribution >= 4 is 10.2 Å². The van der Waals surface area contributed by atoms with Gasteiger partial charge in [0.25, 0.3) is 0 Å². The van der Waals surface area contributed by atoms with Crippen LogP contribution in [0.15, 0.2) is 0 Å². The second kappa shape index (κ2) is 5.72. The van der Waals surface area contributed by atoms with Crippen molar-refractivity contribution in [2.75, 3.05) is 20.8 Å². The molecule has 0 bridgehead atoms. The predicted octanol–water partition coefficient (Wildman–Crippen LogP) is -1.39. The quantitative estimate of drug-likeness (QED) is 0.415. The lowest BCUT2D eigenvalue weighted by Crippen LogP contribution is -2.43. The highest BCUT2D eigenvalue weighted by molar-refractivity contribution is 6.13. The Morgan fingerprint density at radius 3 is 2.08 bits per heavy atom. The number of ether oxygens (including phenoxy) is 2. The lowest BCUT2D eigenvalue weighted by Gasteiger charge is -2.32. The molecule has 0 rings (SSSR count). The molecule has 0 aromatic rings. The maximum atomic E-state index is 5.79. The van der Waals surface area contributed by atoms with Crippen LogP contribution in [0, 0.1) is 5.92 Å². The lowest BCUT2D eigenvalue weighted by atomic mass is 9.98. The first-order valence-electron chi connectivity index (χ1n) is 4.55. The largest absolute Gasteiger partial charge is 0.358 e. The van der Waals surface area contributed by atoms with Crippen molar-refractivity contribution in [3.05, 3.63) is 0 Å². The SMILES string of the molecule is COC([SiH3])(CC(CN)C(C)N)OC. The highest BCUT2D eigenvalue weighted by Gasteiger charge is 2.28. The standard InChI is InChI=1S/C8H22N2O2Si/c1-6(10)7(5-9)4-8(13,11-2)12-3/h6-7H,4-5,9-10H2,1-3,13H3. The Kier molecular flexibility index (Phi) is 5.74. The van der Waals surface area contributed by atoms with Crippen LogP contribution in [-0.4, -0.2) is 42.5 Å². The van der Waals surface area contributed by atoms with Crippen LogP contribution in [0.5, 0.6) is 0 Å². The third-order valence-corrected chi connectivity index (χ3v) is 3.77. The van der Waals surface area contributed by atoms with Gasteiger partial charge >= 0.3 is 0 Å². The molecule has 0 amide bonds. The molecule has 0 aliphatic rings. The summed E-state index contributed by atoms with van der Waals surface area (Å²) in [7, 11) is 4.13. The van der Waals surface area contributed by atoms with E-state index in [2.05, 4.69) is 0 Å². The number of nitrogens with two attached hydrogens (primary N) is 2. The molecule has 4 N–H and O–H groups in total. The molecular weight excluding hydrogens is 184 g/mol. The zero-order valence-corrected chi connectivity index (χ0v) is 11.0. The van der Waals surface area contributed by atoms with Crippen molar-refractivity contribution < 1.29 is 9.47 Å². The molecule has 80 valence electrons. The van der Waals surface area contributed by atoms with E-state index in [-0.39, 0.29) is 12.0 Å². The molecule has 0 fully saturated rings. The Bertz CT molecular complexity index is 140. The molecule has 0 radical (unpaired) electrons. The molecule has 2 atom stereocenters. The first-order valence-corrected chi connectivity index (χ1v) is 5.55. The van der Waals surface area contributed by atoms with Crippen molar-refractivity contribution in [2.24, 2.45) is 17.4 Å². The summed E-state index contributed by atoms with van der Waals surface area (Å²) >= 11 is 0. The van der Waals surface area contributed by atoms with Gasteiger partial charge in [-0.1, -0.05) is 0 Å².